The first-order valence-corrected chi connectivity index (χ1v) is 14.9. The van der Waals surface area contributed by atoms with E-state index in [1.54, 1.807) is 42.5 Å². The zero-order valence-corrected chi connectivity index (χ0v) is 23.4. The molecule has 3 aromatic carbocycles. The molecule has 8 nitrogen and oxygen atoms in total. The third kappa shape index (κ3) is 6.07. The van der Waals surface area contributed by atoms with Crippen LogP contribution in [0, 0.1) is 11.3 Å². The highest BCUT2D eigenvalue weighted by atomic mass is 32.2. The number of nitrogens with zero attached hydrogens (tertiary/aromatic N) is 4. The molecule has 1 fully saturated rings. The predicted molar refractivity (Wildman–Crippen MR) is 150 cm³/mol. The number of alkyl halides is 3. The lowest BCUT2D eigenvalue weighted by Gasteiger charge is -2.30. The standard InChI is InChI=1S/C30H26F3N5O3S/c1-37(22-13-14-22)28(24-11-3-4-12-26(24)42(2,40)41)20-8-6-9-21(16-20)35-29(39)25-17-27(30(31,32)33)36-38(25)23-10-5-7-19(15-23)18-34/h3-12,15-17,22,28H,13-14H2,1-2H3,(H,35,39). The van der Waals surface area contributed by atoms with Crippen molar-refractivity contribution in [3.63, 3.8) is 0 Å². The molecule has 42 heavy (non-hydrogen) atoms. The Morgan fingerprint density at radius 3 is 2.45 bits per heavy atom. The van der Waals surface area contributed by atoms with Crippen molar-refractivity contribution in [1.29, 1.82) is 5.26 Å². The Hall–Kier alpha value is -4.47. The number of nitriles is 1. The minimum absolute atomic E-state index is 0.118. The second kappa shape index (κ2) is 11.1. The molecule has 1 N–H and O–H groups in total. The Morgan fingerprint density at radius 2 is 1.79 bits per heavy atom. The summed E-state index contributed by atoms with van der Waals surface area (Å²) in [4.78, 5) is 15.7. The lowest BCUT2D eigenvalue weighted by molar-refractivity contribution is -0.141. The fraction of sp³-hybridized carbons (Fsp3) is 0.233. The van der Waals surface area contributed by atoms with Gasteiger partial charge in [-0.15, -0.1) is 0 Å². The lowest BCUT2D eigenvalue weighted by Crippen LogP contribution is -2.29. The molecule has 0 spiro atoms. The third-order valence-electron chi connectivity index (χ3n) is 7.06. The second-order valence-corrected chi connectivity index (χ2v) is 12.2. The summed E-state index contributed by atoms with van der Waals surface area (Å²) in [7, 11) is -1.64. The van der Waals surface area contributed by atoms with E-state index < -0.39 is 33.7 Å². The first-order chi connectivity index (χ1) is 19.9. The van der Waals surface area contributed by atoms with Crippen LogP contribution < -0.4 is 5.32 Å². The number of amides is 1. The molecular weight excluding hydrogens is 567 g/mol. The van der Waals surface area contributed by atoms with Crippen LogP contribution in [-0.2, 0) is 16.0 Å². The van der Waals surface area contributed by atoms with E-state index in [0.29, 0.717) is 22.9 Å². The molecule has 12 heteroatoms. The average Bonchev–Trinajstić information content (AvgIpc) is 3.69. The molecule has 1 unspecified atom stereocenters. The average molecular weight is 594 g/mol. The summed E-state index contributed by atoms with van der Waals surface area (Å²) in [5.41, 5.74) is 0.259. The molecule has 1 aliphatic carbocycles. The fourth-order valence-corrected chi connectivity index (χ4v) is 5.87. The van der Waals surface area contributed by atoms with E-state index in [9.17, 15) is 31.6 Å². The van der Waals surface area contributed by atoms with Gasteiger partial charge in [0, 0.05) is 24.1 Å². The molecule has 5 rings (SSSR count). The number of sulfone groups is 1. The molecule has 0 bridgehead atoms. The van der Waals surface area contributed by atoms with Crippen molar-refractivity contribution in [1.82, 2.24) is 14.7 Å². The minimum atomic E-state index is -4.80. The quantitative estimate of drug-likeness (QED) is 0.285. The van der Waals surface area contributed by atoms with Gasteiger partial charge in [-0.05, 0) is 67.4 Å². The van der Waals surface area contributed by atoms with Crippen molar-refractivity contribution in [2.24, 2.45) is 0 Å². The number of rotatable bonds is 8. The van der Waals surface area contributed by atoms with Crippen LogP contribution >= 0.6 is 0 Å². The number of aromatic nitrogens is 2. The molecule has 4 aromatic rings. The molecule has 0 saturated heterocycles. The van der Waals surface area contributed by atoms with Crippen LogP contribution in [0.5, 0.6) is 0 Å². The van der Waals surface area contributed by atoms with Crippen LogP contribution in [0.25, 0.3) is 5.69 Å². The highest BCUT2D eigenvalue weighted by Crippen LogP contribution is 2.39. The maximum Gasteiger partial charge on any atom is 0.435 e. The number of carbonyl (C=O) groups is 1. The molecule has 1 amide bonds. The largest absolute Gasteiger partial charge is 0.435 e. The van der Waals surface area contributed by atoms with Gasteiger partial charge in [0.05, 0.1) is 28.3 Å². The fourth-order valence-electron chi connectivity index (χ4n) is 4.94. The summed E-state index contributed by atoms with van der Waals surface area (Å²) >= 11 is 0. The predicted octanol–water partition coefficient (Wildman–Crippen LogP) is 5.60. The number of carbonyl (C=O) groups excluding carboxylic acids is 1. The van der Waals surface area contributed by atoms with E-state index in [1.807, 2.05) is 19.2 Å². The molecule has 0 aliphatic heterocycles. The molecule has 216 valence electrons. The zero-order chi connectivity index (χ0) is 30.2. The van der Waals surface area contributed by atoms with Crippen LogP contribution in [0.1, 0.15) is 51.8 Å². The molecule has 1 saturated carbocycles. The normalized spacial score (nSPS) is 14.4. The number of nitrogens with one attached hydrogen (secondary N) is 1. The van der Waals surface area contributed by atoms with E-state index in [0.717, 1.165) is 23.8 Å². The van der Waals surface area contributed by atoms with Gasteiger partial charge in [-0.3, -0.25) is 9.69 Å². The Morgan fingerprint density at radius 1 is 1.07 bits per heavy atom. The van der Waals surface area contributed by atoms with Gasteiger partial charge < -0.3 is 5.32 Å². The Bertz CT molecular complexity index is 1810. The van der Waals surface area contributed by atoms with E-state index in [2.05, 4.69) is 15.3 Å². The molecule has 1 aliphatic rings. The summed E-state index contributed by atoms with van der Waals surface area (Å²) in [5.74, 6) is -0.846. The Balaban J connectivity index is 1.53. The molecular formula is C30H26F3N5O3S. The maximum atomic E-state index is 13.6. The van der Waals surface area contributed by atoms with Gasteiger partial charge in [-0.2, -0.15) is 23.5 Å². The highest BCUT2D eigenvalue weighted by Gasteiger charge is 2.37. The van der Waals surface area contributed by atoms with Gasteiger partial charge in [-0.1, -0.05) is 36.4 Å². The van der Waals surface area contributed by atoms with Crippen LogP contribution in [0.4, 0.5) is 18.9 Å². The van der Waals surface area contributed by atoms with Gasteiger partial charge in [-0.25, -0.2) is 13.1 Å². The van der Waals surface area contributed by atoms with Crippen molar-refractivity contribution >= 4 is 21.4 Å². The van der Waals surface area contributed by atoms with Crippen molar-refractivity contribution in [3.05, 3.63) is 107 Å². The van der Waals surface area contributed by atoms with Crippen LogP contribution in [0.15, 0.2) is 83.8 Å². The topological polar surface area (TPSA) is 108 Å². The molecule has 1 aromatic heterocycles. The number of halogens is 3. The maximum absolute atomic E-state index is 13.6. The summed E-state index contributed by atoms with van der Waals surface area (Å²) in [6, 6.07) is 21.7. The molecule has 0 radical (unpaired) electrons. The second-order valence-electron chi connectivity index (χ2n) is 10.2. The Kier molecular flexibility index (Phi) is 7.66. The first-order valence-electron chi connectivity index (χ1n) is 13.0. The van der Waals surface area contributed by atoms with E-state index >= 15 is 0 Å². The molecule has 1 atom stereocenters. The van der Waals surface area contributed by atoms with E-state index in [-0.39, 0.29) is 27.9 Å². The number of anilines is 1. The summed E-state index contributed by atoms with van der Waals surface area (Å²) < 4.78 is 66.9. The van der Waals surface area contributed by atoms with Crippen LogP contribution in [-0.4, -0.2) is 48.4 Å². The number of hydrogen-bond donors (Lipinski definition) is 1. The summed E-state index contributed by atoms with van der Waals surface area (Å²) in [6.07, 6.45) is -1.73. The molecule has 1 heterocycles. The van der Waals surface area contributed by atoms with E-state index in [1.165, 1.54) is 24.3 Å². The number of hydrogen-bond acceptors (Lipinski definition) is 6. The Labute approximate surface area is 240 Å². The van der Waals surface area contributed by atoms with Gasteiger partial charge in [0.25, 0.3) is 5.91 Å². The minimum Gasteiger partial charge on any atom is -0.321 e. The van der Waals surface area contributed by atoms with Crippen molar-refractivity contribution < 1.29 is 26.4 Å². The van der Waals surface area contributed by atoms with Gasteiger partial charge in [0.2, 0.25) is 0 Å². The van der Waals surface area contributed by atoms with Gasteiger partial charge in [0.1, 0.15) is 5.69 Å². The van der Waals surface area contributed by atoms with Crippen molar-refractivity contribution in [3.8, 4) is 11.8 Å². The van der Waals surface area contributed by atoms with Crippen LogP contribution in [0.2, 0.25) is 0 Å². The monoisotopic (exact) mass is 593 g/mol. The smallest absolute Gasteiger partial charge is 0.321 e. The lowest BCUT2D eigenvalue weighted by atomic mass is 9.96. The SMILES string of the molecule is CN(C1CC1)C(c1cccc(NC(=O)c2cc(C(F)(F)F)nn2-c2cccc(C#N)c2)c1)c1ccccc1S(C)(=O)=O. The van der Waals surface area contributed by atoms with Crippen LogP contribution in [0.3, 0.4) is 0 Å². The van der Waals surface area contributed by atoms with Gasteiger partial charge in [0.15, 0.2) is 15.5 Å². The third-order valence-corrected chi connectivity index (χ3v) is 8.23. The summed E-state index contributed by atoms with van der Waals surface area (Å²) in [6.45, 7) is 0. The zero-order valence-electron chi connectivity index (χ0n) is 22.6. The first kappa shape index (κ1) is 29.0. The van der Waals surface area contributed by atoms with E-state index in [4.69, 9.17) is 0 Å². The summed E-state index contributed by atoms with van der Waals surface area (Å²) in [5, 5.41) is 15.5. The highest BCUT2D eigenvalue weighted by molar-refractivity contribution is 7.90. The van der Waals surface area contributed by atoms with Gasteiger partial charge >= 0.3 is 6.18 Å². The van der Waals surface area contributed by atoms with Crippen molar-refractivity contribution in [2.75, 3.05) is 18.6 Å². The van der Waals surface area contributed by atoms with Crippen molar-refractivity contribution in [2.45, 2.75) is 36.0 Å². The number of benzene rings is 3.